The van der Waals surface area contributed by atoms with Gasteiger partial charge in [0.1, 0.15) is 0 Å². The molecule has 0 aromatic heterocycles. The molecule has 0 unspecified atom stereocenters. The first kappa shape index (κ1) is 10.1. The zero-order chi connectivity index (χ0) is 9.84. The highest BCUT2D eigenvalue weighted by atomic mass is 32.2. The van der Waals surface area contributed by atoms with Gasteiger partial charge in [0.25, 0.3) is 0 Å². The van der Waals surface area contributed by atoms with Gasteiger partial charge in [-0.25, -0.2) is 0 Å². The fraction of sp³-hybridized carbons (Fsp3) is 0.300. The normalized spacial score (nSPS) is 9.77. The summed E-state index contributed by atoms with van der Waals surface area (Å²) >= 11 is 1.69. The number of rotatable bonds is 2. The number of carbonyl (C=O) groups excluding carboxylic acids is 1. The molecule has 1 amide bonds. The maximum absolute atomic E-state index is 11.0. The molecular weight excluding hydrogens is 182 g/mol. The molecule has 1 rings (SSSR count). The minimum absolute atomic E-state index is 0.0527. The van der Waals surface area contributed by atoms with Gasteiger partial charge >= 0.3 is 0 Å². The standard InChI is InChI=1S/C10H13NOS/c1-8(12)11(2)9-4-6-10(13-3)7-5-9/h4-7H,1-3H3. The van der Waals surface area contributed by atoms with Gasteiger partial charge in [-0.05, 0) is 30.5 Å². The predicted octanol–water partition coefficient (Wildman–Crippen LogP) is 2.39. The summed E-state index contributed by atoms with van der Waals surface area (Å²) in [5, 5.41) is 0. The van der Waals surface area contributed by atoms with Crippen molar-refractivity contribution in [1.82, 2.24) is 0 Å². The van der Waals surface area contributed by atoms with Crippen LogP contribution >= 0.6 is 11.8 Å². The van der Waals surface area contributed by atoms with Gasteiger partial charge in [0.15, 0.2) is 0 Å². The van der Waals surface area contributed by atoms with Crippen LogP contribution < -0.4 is 4.90 Å². The van der Waals surface area contributed by atoms with Crippen LogP contribution in [0.4, 0.5) is 5.69 Å². The van der Waals surface area contributed by atoms with Crippen LogP contribution in [0.15, 0.2) is 29.2 Å². The van der Waals surface area contributed by atoms with Crippen LogP contribution in [0.2, 0.25) is 0 Å². The SMILES string of the molecule is CSc1ccc(N(C)C(C)=O)cc1. The maximum atomic E-state index is 11.0. The van der Waals surface area contributed by atoms with Gasteiger partial charge in [-0.15, -0.1) is 11.8 Å². The minimum atomic E-state index is 0.0527. The molecular formula is C10H13NOS. The third kappa shape index (κ3) is 2.49. The Morgan fingerprint density at radius 2 is 1.85 bits per heavy atom. The summed E-state index contributed by atoms with van der Waals surface area (Å²) in [5.74, 6) is 0.0527. The summed E-state index contributed by atoms with van der Waals surface area (Å²) in [6, 6.07) is 7.93. The number of amides is 1. The van der Waals surface area contributed by atoms with Crippen molar-refractivity contribution in [3.8, 4) is 0 Å². The molecule has 0 N–H and O–H groups in total. The second kappa shape index (κ2) is 4.33. The van der Waals surface area contributed by atoms with E-state index < -0.39 is 0 Å². The maximum Gasteiger partial charge on any atom is 0.223 e. The van der Waals surface area contributed by atoms with E-state index in [1.165, 1.54) is 4.90 Å². The Bertz CT molecular complexity index is 294. The molecule has 0 fully saturated rings. The van der Waals surface area contributed by atoms with Crippen molar-refractivity contribution in [1.29, 1.82) is 0 Å². The second-order valence-corrected chi connectivity index (χ2v) is 3.66. The van der Waals surface area contributed by atoms with E-state index in [0.29, 0.717) is 0 Å². The first-order valence-electron chi connectivity index (χ1n) is 4.03. The molecule has 0 aliphatic heterocycles. The Labute approximate surface area is 82.9 Å². The molecule has 0 aliphatic carbocycles. The summed E-state index contributed by atoms with van der Waals surface area (Å²) in [6.07, 6.45) is 2.03. The lowest BCUT2D eigenvalue weighted by molar-refractivity contribution is -0.116. The summed E-state index contributed by atoms with van der Waals surface area (Å²) in [5.41, 5.74) is 0.935. The molecule has 0 saturated carbocycles. The zero-order valence-corrected chi connectivity index (χ0v) is 8.89. The molecule has 2 nitrogen and oxygen atoms in total. The Hall–Kier alpha value is -0.960. The predicted molar refractivity (Wildman–Crippen MR) is 57.3 cm³/mol. The second-order valence-electron chi connectivity index (χ2n) is 2.78. The van der Waals surface area contributed by atoms with Crippen LogP contribution in [0.1, 0.15) is 6.92 Å². The molecule has 3 heteroatoms. The first-order valence-corrected chi connectivity index (χ1v) is 5.26. The van der Waals surface area contributed by atoms with Crippen molar-refractivity contribution in [2.45, 2.75) is 11.8 Å². The van der Waals surface area contributed by atoms with E-state index in [1.807, 2.05) is 30.5 Å². The van der Waals surface area contributed by atoms with E-state index in [1.54, 1.807) is 30.6 Å². The number of carbonyl (C=O) groups is 1. The molecule has 1 aromatic carbocycles. The summed E-state index contributed by atoms with van der Waals surface area (Å²) in [4.78, 5) is 13.9. The van der Waals surface area contributed by atoms with Crippen LogP contribution in [-0.4, -0.2) is 19.2 Å². The van der Waals surface area contributed by atoms with Gasteiger partial charge in [-0.1, -0.05) is 0 Å². The first-order chi connectivity index (χ1) is 6.15. The van der Waals surface area contributed by atoms with Crippen LogP contribution in [0.3, 0.4) is 0 Å². The van der Waals surface area contributed by atoms with Crippen molar-refractivity contribution >= 4 is 23.4 Å². The Kier molecular flexibility index (Phi) is 3.37. The van der Waals surface area contributed by atoms with E-state index in [4.69, 9.17) is 0 Å². The van der Waals surface area contributed by atoms with Crippen molar-refractivity contribution in [2.24, 2.45) is 0 Å². The van der Waals surface area contributed by atoms with Gasteiger partial charge in [0.05, 0.1) is 0 Å². The largest absolute Gasteiger partial charge is 0.316 e. The molecule has 0 aliphatic rings. The van der Waals surface area contributed by atoms with E-state index in [0.717, 1.165) is 5.69 Å². The van der Waals surface area contributed by atoms with Crippen LogP contribution in [0.25, 0.3) is 0 Å². The summed E-state index contributed by atoms with van der Waals surface area (Å²) in [6.45, 7) is 1.56. The fourth-order valence-electron chi connectivity index (χ4n) is 0.988. The third-order valence-corrected chi connectivity index (χ3v) is 2.68. The van der Waals surface area contributed by atoms with Crippen molar-refractivity contribution in [3.63, 3.8) is 0 Å². The topological polar surface area (TPSA) is 20.3 Å². The molecule has 1 aromatic rings. The summed E-state index contributed by atoms with van der Waals surface area (Å²) in [7, 11) is 1.77. The average Bonchev–Trinajstić information content (AvgIpc) is 2.17. The lowest BCUT2D eigenvalue weighted by Gasteiger charge is -2.14. The third-order valence-electron chi connectivity index (χ3n) is 1.93. The highest BCUT2D eigenvalue weighted by Crippen LogP contribution is 2.19. The lowest BCUT2D eigenvalue weighted by Crippen LogP contribution is -2.22. The highest BCUT2D eigenvalue weighted by molar-refractivity contribution is 7.98. The minimum Gasteiger partial charge on any atom is -0.316 e. The molecule has 0 heterocycles. The summed E-state index contributed by atoms with van der Waals surface area (Å²) < 4.78 is 0. The molecule has 0 spiro atoms. The monoisotopic (exact) mass is 195 g/mol. The van der Waals surface area contributed by atoms with Crippen molar-refractivity contribution < 1.29 is 4.79 Å². The van der Waals surface area contributed by atoms with Gasteiger partial charge in [0, 0.05) is 24.6 Å². The fourth-order valence-corrected chi connectivity index (χ4v) is 1.40. The number of nitrogens with zero attached hydrogens (tertiary/aromatic N) is 1. The number of hydrogen-bond donors (Lipinski definition) is 0. The smallest absolute Gasteiger partial charge is 0.223 e. The number of thioether (sulfide) groups is 1. The highest BCUT2D eigenvalue weighted by Gasteiger charge is 2.03. The van der Waals surface area contributed by atoms with Gasteiger partial charge in [-0.2, -0.15) is 0 Å². The molecule has 0 radical (unpaired) electrons. The molecule has 70 valence electrons. The van der Waals surface area contributed by atoms with Gasteiger partial charge < -0.3 is 4.90 Å². The van der Waals surface area contributed by atoms with E-state index in [2.05, 4.69) is 0 Å². The molecule has 0 bridgehead atoms. The van der Waals surface area contributed by atoms with E-state index >= 15 is 0 Å². The Morgan fingerprint density at radius 3 is 2.23 bits per heavy atom. The number of benzene rings is 1. The van der Waals surface area contributed by atoms with Gasteiger partial charge in [0.2, 0.25) is 5.91 Å². The zero-order valence-electron chi connectivity index (χ0n) is 8.07. The molecule has 13 heavy (non-hydrogen) atoms. The quantitative estimate of drug-likeness (QED) is 0.675. The van der Waals surface area contributed by atoms with E-state index in [-0.39, 0.29) is 5.91 Å². The molecule has 0 saturated heterocycles. The van der Waals surface area contributed by atoms with Crippen LogP contribution in [-0.2, 0) is 4.79 Å². The number of hydrogen-bond acceptors (Lipinski definition) is 2. The van der Waals surface area contributed by atoms with Crippen molar-refractivity contribution in [3.05, 3.63) is 24.3 Å². The Morgan fingerprint density at radius 1 is 1.31 bits per heavy atom. The number of anilines is 1. The lowest BCUT2D eigenvalue weighted by atomic mass is 10.3. The van der Waals surface area contributed by atoms with Gasteiger partial charge in [-0.3, -0.25) is 4.79 Å². The average molecular weight is 195 g/mol. The van der Waals surface area contributed by atoms with Crippen molar-refractivity contribution in [2.75, 3.05) is 18.2 Å². The molecule has 0 atom stereocenters. The van der Waals surface area contributed by atoms with Crippen LogP contribution in [0.5, 0.6) is 0 Å². The van der Waals surface area contributed by atoms with E-state index in [9.17, 15) is 4.79 Å². The Balaban J connectivity index is 2.85. The van der Waals surface area contributed by atoms with Crippen LogP contribution in [0, 0.1) is 0 Å².